The topological polar surface area (TPSA) is 36.4 Å². The molecule has 3 fully saturated rings. The summed E-state index contributed by atoms with van der Waals surface area (Å²) >= 11 is 3.35. The zero-order chi connectivity index (χ0) is 12.5. The van der Waals surface area contributed by atoms with Crippen LogP contribution in [-0.4, -0.2) is 40.2 Å². The summed E-state index contributed by atoms with van der Waals surface area (Å²) in [5, 5.41) is 10.2. The van der Waals surface area contributed by atoms with Crippen LogP contribution in [0.3, 0.4) is 0 Å². The Bertz CT molecular complexity index is 481. The van der Waals surface area contributed by atoms with Gasteiger partial charge in [0.25, 0.3) is 0 Å². The molecule has 0 radical (unpaired) electrons. The molecule has 0 saturated carbocycles. The summed E-state index contributed by atoms with van der Waals surface area (Å²) in [4.78, 5) is 6.52. The number of hydrogen-bond donors (Lipinski definition) is 1. The third-order valence-electron chi connectivity index (χ3n) is 3.85. The molecule has 0 aliphatic carbocycles. The molecule has 0 amide bonds. The van der Waals surface area contributed by atoms with Crippen molar-refractivity contribution in [3.8, 4) is 11.8 Å². The first kappa shape index (κ1) is 12.2. The van der Waals surface area contributed by atoms with E-state index in [1.165, 1.54) is 0 Å². The Balaban J connectivity index is 1.78. The first-order valence-electron chi connectivity index (χ1n) is 6.29. The van der Waals surface area contributed by atoms with Gasteiger partial charge >= 0.3 is 0 Å². The summed E-state index contributed by atoms with van der Waals surface area (Å²) in [6.07, 6.45) is 3.66. The van der Waals surface area contributed by atoms with Crippen LogP contribution in [0, 0.1) is 17.8 Å². The van der Waals surface area contributed by atoms with Crippen LogP contribution < -0.4 is 0 Å². The minimum atomic E-state index is -0.296. The number of rotatable bonds is 0. The first-order valence-corrected chi connectivity index (χ1v) is 7.08. The largest absolute Gasteiger partial charge is 0.390 e. The zero-order valence-corrected chi connectivity index (χ0v) is 11.6. The lowest BCUT2D eigenvalue weighted by atomic mass is 9.81. The fourth-order valence-electron chi connectivity index (χ4n) is 2.79. The lowest BCUT2D eigenvalue weighted by molar-refractivity contribution is -0.0500. The van der Waals surface area contributed by atoms with Crippen molar-refractivity contribution in [3.63, 3.8) is 0 Å². The van der Waals surface area contributed by atoms with E-state index in [2.05, 4.69) is 37.7 Å². The number of hydrogen-bond acceptors (Lipinski definition) is 3. The molecule has 1 N–H and O–H groups in total. The van der Waals surface area contributed by atoms with E-state index in [0.717, 1.165) is 36.1 Å². The van der Waals surface area contributed by atoms with Gasteiger partial charge in [0.2, 0.25) is 0 Å². The number of halogens is 1. The van der Waals surface area contributed by atoms with Gasteiger partial charge in [0.15, 0.2) is 0 Å². The van der Waals surface area contributed by atoms with Gasteiger partial charge in [-0.05, 0) is 65.8 Å². The van der Waals surface area contributed by atoms with Gasteiger partial charge in [0.05, 0.1) is 12.1 Å². The van der Waals surface area contributed by atoms with Crippen LogP contribution in [0.2, 0.25) is 0 Å². The standard InChI is InChI=1S/C14H15BrN2O/c15-11-1-2-12(16-9-11)3-4-13-14(18)10-5-7-17(13)8-6-10/h1-2,9-10,13-14,18H,5-8H2. The summed E-state index contributed by atoms with van der Waals surface area (Å²) in [5.74, 6) is 6.70. The molecule has 0 spiro atoms. The van der Waals surface area contributed by atoms with Crippen molar-refractivity contribution in [2.45, 2.75) is 25.0 Å². The summed E-state index contributed by atoms with van der Waals surface area (Å²) in [5.41, 5.74) is 0.757. The van der Waals surface area contributed by atoms with Crippen molar-refractivity contribution in [3.05, 3.63) is 28.5 Å². The average Bonchev–Trinajstić information content (AvgIpc) is 2.41. The van der Waals surface area contributed by atoms with Crippen LogP contribution >= 0.6 is 15.9 Å². The van der Waals surface area contributed by atoms with Crippen LogP contribution in [0.5, 0.6) is 0 Å². The van der Waals surface area contributed by atoms with Crippen LogP contribution in [-0.2, 0) is 0 Å². The molecular formula is C14H15BrN2O. The lowest BCUT2D eigenvalue weighted by Gasteiger charge is -2.46. The molecule has 3 saturated heterocycles. The summed E-state index contributed by atoms with van der Waals surface area (Å²) in [6.45, 7) is 2.13. The van der Waals surface area contributed by atoms with E-state index in [9.17, 15) is 5.11 Å². The van der Waals surface area contributed by atoms with Crippen LogP contribution in [0.25, 0.3) is 0 Å². The Morgan fingerprint density at radius 1 is 1.33 bits per heavy atom. The molecule has 18 heavy (non-hydrogen) atoms. The maximum Gasteiger partial charge on any atom is 0.113 e. The Labute approximate surface area is 115 Å². The molecule has 1 aromatic heterocycles. The van der Waals surface area contributed by atoms with E-state index >= 15 is 0 Å². The quantitative estimate of drug-likeness (QED) is 0.741. The smallest absolute Gasteiger partial charge is 0.113 e. The predicted octanol–water partition coefficient (Wildman–Crippen LogP) is 1.65. The van der Waals surface area contributed by atoms with Crippen molar-refractivity contribution < 1.29 is 5.11 Å². The van der Waals surface area contributed by atoms with Crippen molar-refractivity contribution in [2.75, 3.05) is 13.1 Å². The molecule has 3 nitrogen and oxygen atoms in total. The minimum Gasteiger partial charge on any atom is -0.390 e. The van der Waals surface area contributed by atoms with Gasteiger partial charge in [-0.15, -0.1) is 0 Å². The second-order valence-electron chi connectivity index (χ2n) is 4.94. The molecule has 2 bridgehead atoms. The first-order chi connectivity index (χ1) is 8.74. The van der Waals surface area contributed by atoms with E-state index in [-0.39, 0.29) is 12.1 Å². The molecule has 2 atom stereocenters. The number of aliphatic hydroxyl groups excluding tert-OH is 1. The highest BCUT2D eigenvalue weighted by molar-refractivity contribution is 9.10. The van der Waals surface area contributed by atoms with Gasteiger partial charge in [-0.1, -0.05) is 5.92 Å². The summed E-state index contributed by atoms with van der Waals surface area (Å²) < 4.78 is 0.952. The van der Waals surface area contributed by atoms with Gasteiger partial charge < -0.3 is 5.11 Å². The second-order valence-corrected chi connectivity index (χ2v) is 5.86. The van der Waals surface area contributed by atoms with E-state index < -0.39 is 0 Å². The second kappa shape index (κ2) is 5.00. The molecule has 94 valence electrons. The monoisotopic (exact) mass is 306 g/mol. The number of nitrogens with zero attached hydrogens (tertiary/aromatic N) is 2. The Morgan fingerprint density at radius 3 is 2.72 bits per heavy atom. The normalized spacial score (nSPS) is 33.9. The van der Waals surface area contributed by atoms with Gasteiger partial charge in [0.1, 0.15) is 5.69 Å². The van der Waals surface area contributed by atoms with Crippen molar-refractivity contribution in [2.24, 2.45) is 5.92 Å². The molecule has 1 aromatic rings. The van der Waals surface area contributed by atoms with Gasteiger partial charge in [-0.3, -0.25) is 4.90 Å². The zero-order valence-electron chi connectivity index (χ0n) is 10.0. The summed E-state index contributed by atoms with van der Waals surface area (Å²) in [6, 6.07) is 3.81. The van der Waals surface area contributed by atoms with E-state index in [1.807, 2.05) is 12.1 Å². The van der Waals surface area contributed by atoms with Gasteiger partial charge in [-0.2, -0.15) is 0 Å². The Morgan fingerprint density at radius 2 is 2.11 bits per heavy atom. The number of piperidine rings is 3. The molecule has 4 heterocycles. The molecule has 4 rings (SSSR count). The van der Waals surface area contributed by atoms with E-state index in [4.69, 9.17) is 0 Å². The maximum absolute atomic E-state index is 10.2. The highest BCUT2D eigenvalue weighted by atomic mass is 79.9. The Hall–Kier alpha value is -0.890. The SMILES string of the molecule is OC1C2CCN(CC2)C1C#Cc1ccc(Br)cn1. The van der Waals surface area contributed by atoms with Crippen LogP contribution in [0.1, 0.15) is 18.5 Å². The van der Waals surface area contributed by atoms with Gasteiger partial charge in [-0.25, -0.2) is 4.98 Å². The third-order valence-corrected chi connectivity index (χ3v) is 4.32. The van der Waals surface area contributed by atoms with Gasteiger partial charge in [0, 0.05) is 10.7 Å². The summed E-state index contributed by atoms with van der Waals surface area (Å²) in [7, 11) is 0. The fourth-order valence-corrected chi connectivity index (χ4v) is 3.02. The van der Waals surface area contributed by atoms with Crippen molar-refractivity contribution in [1.82, 2.24) is 9.88 Å². The fraction of sp³-hybridized carbons (Fsp3) is 0.500. The highest BCUT2D eigenvalue weighted by Gasteiger charge is 2.40. The molecule has 3 aliphatic heterocycles. The molecular weight excluding hydrogens is 292 g/mol. The number of aromatic nitrogens is 1. The third kappa shape index (κ3) is 2.31. The number of fused-ring (bicyclic) bond motifs is 3. The number of aliphatic hydroxyl groups is 1. The predicted molar refractivity (Wildman–Crippen MR) is 72.9 cm³/mol. The highest BCUT2D eigenvalue weighted by Crippen LogP contribution is 2.31. The van der Waals surface area contributed by atoms with Crippen LogP contribution in [0.15, 0.2) is 22.8 Å². The van der Waals surface area contributed by atoms with E-state index in [0.29, 0.717) is 5.92 Å². The minimum absolute atomic E-state index is 0.0112. The molecule has 3 aliphatic rings. The van der Waals surface area contributed by atoms with Crippen LogP contribution in [0.4, 0.5) is 0 Å². The van der Waals surface area contributed by atoms with Crippen molar-refractivity contribution >= 4 is 15.9 Å². The molecule has 4 heteroatoms. The molecule has 0 aromatic carbocycles. The maximum atomic E-state index is 10.2. The average molecular weight is 307 g/mol. The molecule has 2 unspecified atom stereocenters. The lowest BCUT2D eigenvalue weighted by Crippen LogP contribution is -2.57. The van der Waals surface area contributed by atoms with Crippen molar-refractivity contribution in [1.29, 1.82) is 0 Å². The number of pyridine rings is 1. The van der Waals surface area contributed by atoms with E-state index in [1.54, 1.807) is 6.20 Å². The Kier molecular flexibility index (Phi) is 3.38.